The highest BCUT2D eigenvalue weighted by Crippen LogP contribution is 2.29. The summed E-state index contributed by atoms with van der Waals surface area (Å²) in [6.45, 7) is 0. The summed E-state index contributed by atoms with van der Waals surface area (Å²) in [5, 5.41) is 7.12. The number of halogens is 7. The highest BCUT2D eigenvalue weighted by molar-refractivity contribution is 7.92. The first kappa shape index (κ1) is 28.6. The molecule has 0 atom stereocenters. The Hall–Kier alpha value is -3.67. The fourth-order valence-electron chi connectivity index (χ4n) is 2.17. The Morgan fingerprint density at radius 2 is 1.64 bits per heavy atom. The van der Waals surface area contributed by atoms with Gasteiger partial charge in [0, 0.05) is 17.4 Å². The van der Waals surface area contributed by atoms with E-state index in [0.29, 0.717) is 0 Å². The van der Waals surface area contributed by atoms with Crippen molar-refractivity contribution >= 4 is 50.8 Å². The van der Waals surface area contributed by atoms with Crippen LogP contribution in [0.2, 0.25) is 10.0 Å². The monoisotopic (exact) mass is 568 g/mol. The van der Waals surface area contributed by atoms with Crippen LogP contribution in [-0.2, 0) is 14.8 Å². The third kappa shape index (κ3) is 7.67. The fraction of sp³-hybridized carbons (Fsp3) is 0.0500. The van der Waals surface area contributed by atoms with Crippen molar-refractivity contribution in [1.29, 1.82) is 0 Å². The lowest BCUT2D eigenvalue weighted by Gasteiger charge is -2.11. The average Bonchev–Trinajstić information content (AvgIpc) is 2.78. The summed E-state index contributed by atoms with van der Waals surface area (Å²) >= 11 is 11.7. The van der Waals surface area contributed by atoms with Gasteiger partial charge in [0.05, 0.1) is 21.8 Å². The number of sulfonamides is 1. The maximum absolute atomic E-state index is 14.7. The topological polar surface area (TPSA) is 135 Å². The van der Waals surface area contributed by atoms with Crippen molar-refractivity contribution in [2.75, 3.05) is 10.5 Å². The predicted molar refractivity (Wildman–Crippen MR) is 120 cm³/mol. The number of nitrogens with zero attached hydrogens (tertiary/aromatic N) is 2. The molecule has 0 saturated heterocycles. The number of aliphatic carboxylic acids is 1. The van der Waals surface area contributed by atoms with Crippen LogP contribution in [0.1, 0.15) is 11.1 Å². The summed E-state index contributed by atoms with van der Waals surface area (Å²) in [4.78, 5) is 16.0. The molecule has 0 saturated carbocycles. The molecule has 4 N–H and O–H groups in total. The van der Waals surface area contributed by atoms with Crippen molar-refractivity contribution in [3.63, 3.8) is 0 Å². The summed E-state index contributed by atoms with van der Waals surface area (Å²) in [6.07, 6.45) is -2.53. The molecule has 36 heavy (non-hydrogen) atoms. The quantitative estimate of drug-likeness (QED) is 0.313. The summed E-state index contributed by atoms with van der Waals surface area (Å²) in [5.74, 6) is -0.132. The second kappa shape index (κ2) is 11.4. The Bertz CT molecular complexity index is 1460. The molecule has 0 fully saturated rings. The van der Waals surface area contributed by atoms with Gasteiger partial charge in [0.15, 0.2) is 5.82 Å². The van der Waals surface area contributed by atoms with Crippen LogP contribution in [-0.4, -0.2) is 35.6 Å². The van der Waals surface area contributed by atoms with E-state index in [4.69, 9.17) is 38.8 Å². The number of carbonyl (C=O) groups is 1. The van der Waals surface area contributed by atoms with Gasteiger partial charge in [-0.05, 0) is 30.3 Å². The largest absolute Gasteiger partial charge is 0.490 e. The van der Waals surface area contributed by atoms with Gasteiger partial charge in [0.1, 0.15) is 10.7 Å². The number of hydrogen-bond acceptors (Lipinski definition) is 6. The molecule has 3 rings (SSSR count). The molecule has 0 amide bonds. The van der Waals surface area contributed by atoms with Gasteiger partial charge in [-0.25, -0.2) is 32.0 Å². The first-order valence-corrected chi connectivity index (χ1v) is 11.2. The van der Waals surface area contributed by atoms with Crippen molar-refractivity contribution in [1.82, 2.24) is 9.97 Å². The Balaban J connectivity index is 0.000000572. The molecule has 190 valence electrons. The Labute approximate surface area is 209 Å². The maximum Gasteiger partial charge on any atom is 0.490 e. The molecular formula is C20H11Cl2F5N4O4S. The Kier molecular flexibility index (Phi) is 9.03. The van der Waals surface area contributed by atoms with Crippen LogP contribution >= 0.6 is 23.2 Å². The molecule has 1 aromatic heterocycles. The van der Waals surface area contributed by atoms with E-state index in [1.165, 1.54) is 24.5 Å². The number of rotatable bonds is 3. The van der Waals surface area contributed by atoms with Gasteiger partial charge in [-0.15, -0.1) is 0 Å². The molecule has 1 heterocycles. The molecule has 0 unspecified atom stereocenters. The highest BCUT2D eigenvalue weighted by Gasteiger charge is 2.38. The number of carboxylic acid groups (broad SMARTS) is 1. The molecule has 8 nitrogen and oxygen atoms in total. The van der Waals surface area contributed by atoms with E-state index in [1.807, 2.05) is 4.72 Å². The molecule has 0 bridgehead atoms. The number of carboxylic acids is 1. The van der Waals surface area contributed by atoms with Crippen molar-refractivity contribution in [2.24, 2.45) is 0 Å². The Morgan fingerprint density at radius 1 is 1.06 bits per heavy atom. The number of nitrogens with two attached hydrogens (primary N) is 1. The van der Waals surface area contributed by atoms with E-state index in [-0.39, 0.29) is 26.5 Å². The second-order valence-corrected chi connectivity index (χ2v) is 8.84. The van der Waals surface area contributed by atoms with Gasteiger partial charge in [0.2, 0.25) is 5.95 Å². The van der Waals surface area contributed by atoms with Gasteiger partial charge < -0.3 is 10.8 Å². The number of benzene rings is 2. The second-order valence-electron chi connectivity index (χ2n) is 6.35. The lowest BCUT2D eigenvalue weighted by atomic mass is 10.1. The lowest BCUT2D eigenvalue weighted by molar-refractivity contribution is -0.192. The number of aromatic nitrogens is 2. The van der Waals surface area contributed by atoms with Crippen molar-refractivity contribution < 1.29 is 40.3 Å². The average molecular weight is 569 g/mol. The first-order chi connectivity index (χ1) is 16.6. The molecule has 0 aliphatic heterocycles. The van der Waals surface area contributed by atoms with Gasteiger partial charge >= 0.3 is 12.1 Å². The van der Waals surface area contributed by atoms with E-state index in [1.54, 1.807) is 0 Å². The fourth-order valence-corrected chi connectivity index (χ4v) is 3.99. The van der Waals surface area contributed by atoms with Gasteiger partial charge in [-0.2, -0.15) is 13.2 Å². The van der Waals surface area contributed by atoms with Crippen LogP contribution in [0.25, 0.3) is 0 Å². The summed E-state index contributed by atoms with van der Waals surface area (Å²) < 4.78 is 87.7. The third-order valence-corrected chi connectivity index (χ3v) is 5.85. The number of nitrogens with one attached hydrogen (secondary N) is 1. The summed E-state index contributed by atoms with van der Waals surface area (Å²) in [5.41, 5.74) is 4.46. The molecule has 0 radical (unpaired) electrons. The first-order valence-electron chi connectivity index (χ1n) is 8.97. The molecule has 0 spiro atoms. The Morgan fingerprint density at radius 3 is 2.19 bits per heavy atom. The van der Waals surface area contributed by atoms with E-state index in [0.717, 1.165) is 18.2 Å². The molecule has 2 aromatic carbocycles. The molecule has 0 aliphatic carbocycles. The van der Waals surface area contributed by atoms with Crippen LogP contribution in [0.3, 0.4) is 0 Å². The van der Waals surface area contributed by atoms with Crippen LogP contribution in [0.15, 0.2) is 47.6 Å². The zero-order valence-electron chi connectivity index (χ0n) is 17.2. The molecule has 0 aliphatic rings. The standard InChI is InChI=1S/C18H10Cl2F2N4O2S.C2HF3O2/c19-11-2-4-13(20)16(7-11)29(27,28)26-15-6-5-14(21)12(17(15)22)3-1-10-8-24-18(23)25-9-10;3-2(4,5)1(6)7/h2,4-9,26H,(H2,23,24,25);(H,6,7). The number of alkyl halides is 3. The minimum absolute atomic E-state index is 0.0176. The third-order valence-electron chi connectivity index (χ3n) is 3.76. The van der Waals surface area contributed by atoms with Gasteiger partial charge in [-0.3, -0.25) is 4.72 Å². The van der Waals surface area contributed by atoms with Crippen LogP contribution in [0, 0.1) is 23.5 Å². The highest BCUT2D eigenvalue weighted by atomic mass is 35.5. The van der Waals surface area contributed by atoms with Crippen molar-refractivity contribution in [2.45, 2.75) is 11.1 Å². The zero-order valence-corrected chi connectivity index (χ0v) is 19.6. The van der Waals surface area contributed by atoms with E-state index >= 15 is 0 Å². The zero-order chi connectivity index (χ0) is 27.3. The van der Waals surface area contributed by atoms with E-state index in [2.05, 4.69) is 21.8 Å². The minimum Gasteiger partial charge on any atom is -0.475 e. The van der Waals surface area contributed by atoms with Gasteiger partial charge in [-0.1, -0.05) is 35.0 Å². The smallest absolute Gasteiger partial charge is 0.475 e. The van der Waals surface area contributed by atoms with E-state index in [9.17, 15) is 30.4 Å². The number of hydrogen-bond donors (Lipinski definition) is 3. The minimum atomic E-state index is -5.08. The van der Waals surface area contributed by atoms with Crippen molar-refractivity contribution in [3.05, 3.63) is 75.5 Å². The summed E-state index contributed by atoms with van der Waals surface area (Å²) in [6, 6.07) is 5.60. The molecule has 16 heteroatoms. The van der Waals surface area contributed by atoms with Crippen LogP contribution in [0.4, 0.5) is 33.6 Å². The van der Waals surface area contributed by atoms with Gasteiger partial charge in [0.25, 0.3) is 10.0 Å². The maximum atomic E-state index is 14.7. The number of nitrogen functional groups attached to an aromatic ring is 1. The SMILES string of the molecule is Nc1ncc(C#Cc2c(F)ccc(NS(=O)(=O)c3cc(Cl)ccc3Cl)c2F)cn1.O=C(O)C(F)(F)F. The van der Waals surface area contributed by atoms with E-state index < -0.39 is 45.1 Å². The normalized spacial score (nSPS) is 11.0. The summed E-state index contributed by atoms with van der Waals surface area (Å²) in [7, 11) is -4.30. The van der Waals surface area contributed by atoms with Crippen LogP contribution in [0.5, 0.6) is 0 Å². The molecular weight excluding hydrogens is 558 g/mol. The van der Waals surface area contributed by atoms with Crippen LogP contribution < -0.4 is 10.5 Å². The lowest BCUT2D eigenvalue weighted by Crippen LogP contribution is -2.21. The molecule has 3 aromatic rings. The predicted octanol–water partition coefficient (Wildman–Crippen LogP) is 4.48. The van der Waals surface area contributed by atoms with Crippen molar-refractivity contribution in [3.8, 4) is 11.8 Å². The number of anilines is 2.